The van der Waals surface area contributed by atoms with Crippen molar-refractivity contribution in [3.05, 3.63) is 95.3 Å². The molecule has 0 aliphatic rings. The minimum Gasteiger partial charge on any atom is -0.378 e. The number of rotatable bonds is 9. The Morgan fingerprint density at radius 2 is 1.73 bits per heavy atom. The number of carbonyl (C=O) groups is 1. The highest BCUT2D eigenvalue weighted by atomic mass is 35.5. The number of halogens is 1. The highest BCUT2D eigenvalue weighted by molar-refractivity contribution is 7.99. The van der Waals surface area contributed by atoms with Gasteiger partial charge in [-0.2, -0.15) is 0 Å². The van der Waals surface area contributed by atoms with Crippen molar-refractivity contribution in [2.24, 2.45) is 0 Å². The molecule has 2 N–H and O–H groups in total. The molecule has 0 fully saturated rings. The molecule has 1 heterocycles. The fourth-order valence-electron chi connectivity index (χ4n) is 3.26. The smallest absolute Gasteiger partial charge is 0.225 e. The number of amides is 1. The predicted molar refractivity (Wildman–Crippen MR) is 135 cm³/mol. The molecule has 0 unspecified atom stereocenters. The minimum absolute atomic E-state index is 0.0652. The first-order valence-corrected chi connectivity index (χ1v) is 11.9. The molecule has 6 nitrogen and oxygen atoms in total. The van der Waals surface area contributed by atoms with Gasteiger partial charge in [-0.05, 0) is 48.9 Å². The van der Waals surface area contributed by atoms with E-state index in [1.807, 2.05) is 84.3 Å². The molecule has 0 saturated heterocycles. The van der Waals surface area contributed by atoms with E-state index in [1.54, 1.807) is 6.07 Å². The molecule has 0 spiro atoms. The summed E-state index contributed by atoms with van der Waals surface area (Å²) < 4.78 is 2.03. The SMILES string of the molecule is Cc1ccc(Cl)cc1NC(=O)CCSc1nnc(CNc2ccccc2)n1-c1ccccc1. The van der Waals surface area contributed by atoms with Gasteiger partial charge in [0.05, 0.1) is 6.54 Å². The monoisotopic (exact) mass is 477 g/mol. The van der Waals surface area contributed by atoms with Gasteiger partial charge >= 0.3 is 0 Å². The van der Waals surface area contributed by atoms with Crippen LogP contribution < -0.4 is 10.6 Å². The van der Waals surface area contributed by atoms with E-state index in [0.717, 1.165) is 33.6 Å². The van der Waals surface area contributed by atoms with Gasteiger partial charge in [0.15, 0.2) is 11.0 Å². The molecule has 33 heavy (non-hydrogen) atoms. The summed E-state index contributed by atoms with van der Waals surface area (Å²) in [5.74, 6) is 1.30. The number of anilines is 2. The third-order valence-electron chi connectivity index (χ3n) is 4.97. The van der Waals surface area contributed by atoms with Gasteiger partial charge in [-0.15, -0.1) is 10.2 Å². The number of nitrogens with one attached hydrogen (secondary N) is 2. The van der Waals surface area contributed by atoms with Crippen LogP contribution in [0.4, 0.5) is 11.4 Å². The Morgan fingerprint density at radius 1 is 1.00 bits per heavy atom. The molecular weight excluding hydrogens is 454 g/mol. The summed E-state index contributed by atoms with van der Waals surface area (Å²) in [4.78, 5) is 12.5. The molecular formula is C25H24ClN5OS. The number of hydrogen-bond donors (Lipinski definition) is 2. The van der Waals surface area contributed by atoms with E-state index < -0.39 is 0 Å². The van der Waals surface area contributed by atoms with Gasteiger partial charge in [0.1, 0.15) is 0 Å². The van der Waals surface area contributed by atoms with E-state index in [0.29, 0.717) is 23.7 Å². The van der Waals surface area contributed by atoms with Gasteiger partial charge in [0.25, 0.3) is 0 Å². The van der Waals surface area contributed by atoms with Crippen molar-refractivity contribution in [2.75, 3.05) is 16.4 Å². The molecule has 8 heteroatoms. The summed E-state index contributed by atoms with van der Waals surface area (Å²) in [5.41, 5.74) is 3.70. The zero-order chi connectivity index (χ0) is 23.0. The number of hydrogen-bond acceptors (Lipinski definition) is 5. The Kier molecular flexibility index (Phi) is 7.65. The molecule has 1 amide bonds. The Hall–Kier alpha value is -3.29. The molecule has 1 aromatic heterocycles. The maximum atomic E-state index is 12.5. The summed E-state index contributed by atoms with van der Waals surface area (Å²) in [7, 11) is 0. The fourth-order valence-corrected chi connectivity index (χ4v) is 4.34. The summed E-state index contributed by atoms with van der Waals surface area (Å²) in [6.45, 7) is 2.47. The third-order valence-corrected chi connectivity index (χ3v) is 6.14. The average Bonchev–Trinajstić information content (AvgIpc) is 3.24. The van der Waals surface area contributed by atoms with Crippen LogP contribution in [0.15, 0.2) is 84.0 Å². The van der Waals surface area contributed by atoms with Crippen molar-refractivity contribution >= 4 is 40.6 Å². The topological polar surface area (TPSA) is 71.8 Å². The molecule has 0 aliphatic heterocycles. The lowest BCUT2D eigenvalue weighted by atomic mass is 10.2. The van der Waals surface area contributed by atoms with Crippen LogP contribution in [-0.2, 0) is 11.3 Å². The van der Waals surface area contributed by atoms with Crippen LogP contribution in [0.3, 0.4) is 0 Å². The number of aryl methyl sites for hydroxylation is 1. The zero-order valence-corrected chi connectivity index (χ0v) is 19.7. The van der Waals surface area contributed by atoms with E-state index in [4.69, 9.17) is 11.6 Å². The number of benzene rings is 3. The first-order chi connectivity index (χ1) is 16.1. The third kappa shape index (κ3) is 6.15. The number of para-hydroxylation sites is 2. The Bertz CT molecular complexity index is 1210. The second kappa shape index (κ2) is 11.0. The standard InChI is InChI=1S/C25H24ClN5OS/c1-18-12-13-19(26)16-22(18)28-24(32)14-15-33-25-30-29-23(17-27-20-8-4-2-5-9-20)31(25)21-10-6-3-7-11-21/h2-13,16,27H,14-15,17H2,1H3,(H,28,32). The number of carbonyl (C=O) groups excluding carboxylic acids is 1. The van der Waals surface area contributed by atoms with Crippen LogP contribution in [0, 0.1) is 6.92 Å². The van der Waals surface area contributed by atoms with Crippen LogP contribution in [0.5, 0.6) is 0 Å². The molecule has 3 aromatic carbocycles. The maximum absolute atomic E-state index is 12.5. The Morgan fingerprint density at radius 3 is 2.48 bits per heavy atom. The molecule has 0 aliphatic carbocycles. The van der Waals surface area contributed by atoms with E-state index in [-0.39, 0.29) is 5.91 Å². The zero-order valence-electron chi connectivity index (χ0n) is 18.2. The van der Waals surface area contributed by atoms with E-state index in [9.17, 15) is 4.79 Å². The van der Waals surface area contributed by atoms with E-state index >= 15 is 0 Å². The van der Waals surface area contributed by atoms with Crippen molar-refractivity contribution in [1.29, 1.82) is 0 Å². The van der Waals surface area contributed by atoms with Crippen molar-refractivity contribution in [3.8, 4) is 5.69 Å². The number of thioether (sulfide) groups is 1. The fraction of sp³-hybridized carbons (Fsp3) is 0.160. The van der Waals surface area contributed by atoms with Crippen LogP contribution in [0.25, 0.3) is 5.69 Å². The molecule has 0 atom stereocenters. The molecule has 0 bridgehead atoms. The lowest BCUT2D eigenvalue weighted by Gasteiger charge is -2.12. The molecule has 0 radical (unpaired) electrons. The van der Waals surface area contributed by atoms with Crippen LogP contribution in [0.1, 0.15) is 17.8 Å². The normalized spacial score (nSPS) is 10.7. The van der Waals surface area contributed by atoms with Crippen LogP contribution in [-0.4, -0.2) is 26.4 Å². The van der Waals surface area contributed by atoms with Gasteiger partial charge in [0.2, 0.25) is 5.91 Å². The van der Waals surface area contributed by atoms with E-state index in [2.05, 4.69) is 20.8 Å². The average molecular weight is 478 g/mol. The first-order valence-electron chi connectivity index (χ1n) is 10.6. The van der Waals surface area contributed by atoms with Gasteiger partial charge in [-0.25, -0.2) is 0 Å². The molecule has 168 valence electrons. The maximum Gasteiger partial charge on any atom is 0.225 e. The van der Waals surface area contributed by atoms with Crippen molar-refractivity contribution < 1.29 is 4.79 Å². The highest BCUT2D eigenvalue weighted by Gasteiger charge is 2.15. The molecule has 4 rings (SSSR count). The van der Waals surface area contributed by atoms with Crippen molar-refractivity contribution in [3.63, 3.8) is 0 Å². The summed E-state index contributed by atoms with van der Waals surface area (Å²) in [6, 6.07) is 25.4. The Labute approximate surface area is 202 Å². The minimum atomic E-state index is -0.0652. The highest BCUT2D eigenvalue weighted by Crippen LogP contribution is 2.24. The van der Waals surface area contributed by atoms with E-state index in [1.165, 1.54) is 11.8 Å². The van der Waals surface area contributed by atoms with Crippen LogP contribution in [0.2, 0.25) is 5.02 Å². The predicted octanol–water partition coefficient (Wildman–Crippen LogP) is 5.96. The van der Waals surface area contributed by atoms with Crippen molar-refractivity contribution in [2.45, 2.75) is 25.0 Å². The second-order valence-corrected chi connectivity index (χ2v) is 8.89. The lowest BCUT2D eigenvalue weighted by Crippen LogP contribution is -2.13. The van der Waals surface area contributed by atoms with Gasteiger partial charge in [0, 0.05) is 34.3 Å². The van der Waals surface area contributed by atoms with Crippen molar-refractivity contribution in [1.82, 2.24) is 14.8 Å². The Balaban J connectivity index is 1.43. The molecule has 0 saturated carbocycles. The lowest BCUT2D eigenvalue weighted by molar-refractivity contribution is -0.115. The van der Waals surface area contributed by atoms with Gasteiger partial charge in [-0.3, -0.25) is 9.36 Å². The largest absolute Gasteiger partial charge is 0.378 e. The number of aromatic nitrogens is 3. The summed E-state index contributed by atoms with van der Waals surface area (Å²) >= 11 is 7.55. The first kappa shape index (κ1) is 22.9. The van der Waals surface area contributed by atoms with Gasteiger partial charge < -0.3 is 10.6 Å². The van der Waals surface area contributed by atoms with Gasteiger partial charge in [-0.1, -0.05) is 65.8 Å². The number of nitrogens with zero attached hydrogens (tertiary/aromatic N) is 3. The van der Waals surface area contributed by atoms with Crippen LogP contribution >= 0.6 is 23.4 Å². The summed E-state index contributed by atoms with van der Waals surface area (Å²) in [5, 5.41) is 16.5. The second-order valence-electron chi connectivity index (χ2n) is 7.40. The summed E-state index contributed by atoms with van der Waals surface area (Å²) in [6.07, 6.45) is 0.343. The quantitative estimate of drug-likeness (QED) is 0.291. The molecule has 4 aromatic rings.